The highest BCUT2D eigenvalue weighted by Gasteiger charge is 2.56. The first-order valence-corrected chi connectivity index (χ1v) is 13.5. The molecule has 0 N–H and O–H groups in total. The van der Waals surface area contributed by atoms with Crippen molar-refractivity contribution in [1.29, 1.82) is 0 Å². The van der Waals surface area contributed by atoms with E-state index in [9.17, 15) is 10.1 Å². The van der Waals surface area contributed by atoms with Gasteiger partial charge in [-0.05, 0) is 38.0 Å². The van der Waals surface area contributed by atoms with Crippen molar-refractivity contribution in [2.75, 3.05) is 6.61 Å². The number of hydrogen-bond donors (Lipinski definition) is 0. The van der Waals surface area contributed by atoms with E-state index in [-0.39, 0.29) is 29.0 Å². The highest BCUT2D eigenvalue weighted by molar-refractivity contribution is 6.74. The fourth-order valence-electron chi connectivity index (χ4n) is 3.93. The smallest absolute Gasteiger partial charge is 0.281 e. The summed E-state index contributed by atoms with van der Waals surface area (Å²) in [6, 6.07) is 3.10. The molecule has 0 saturated carbocycles. The summed E-state index contributed by atoms with van der Waals surface area (Å²) in [6.07, 6.45) is 1.68. The van der Waals surface area contributed by atoms with Gasteiger partial charge >= 0.3 is 0 Å². The van der Waals surface area contributed by atoms with Crippen LogP contribution in [0.5, 0.6) is 0 Å². The number of aromatic nitrogens is 2. The average Bonchev–Trinajstić information content (AvgIpc) is 3.29. The molecule has 4 atom stereocenters. The zero-order valence-electron chi connectivity index (χ0n) is 19.1. The van der Waals surface area contributed by atoms with Crippen LogP contribution in [0.1, 0.15) is 40.8 Å². The third kappa shape index (κ3) is 3.91. The van der Waals surface area contributed by atoms with Crippen LogP contribution < -0.4 is 0 Å². The van der Waals surface area contributed by atoms with Gasteiger partial charge in [-0.1, -0.05) is 20.8 Å². The first kappa shape index (κ1) is 22.3. The second kappa shape index (κ2) is 7.34. The van der Waals surface area contributed by atoms with E-state index in [1.807, 2.05) is 13.8 Å². The molecule has 10 heteroatoms. The van der Waals surface area contributed by atoms with Crippen molar-refractivity contribution in [2.45, 2.75) is 83.1 Å². The standard InChI is InChI=1S/C21H31N3O6Si/c1-20(2,3)31(6,7)27-12-15-16-17(30-21(4,5)29-16)19(28-15)23-11-9-13-14(24(25)26)8-10-22-18(13)23/h8-11,15-17,19H,12H2,1-7H3/t15-,16-,17-,19+/m1/s1. The molecule has 0 amide bonds. The molecule has 4 rings (SSSR count). The summed E-state index contributed by atoms with van der Waals surface area (Å²) in [5.74, 6) is -0.755. The molecule has 2 aliphatic rings. The van der Waals surface area contributed by atoms with Crippen molar-refractivity contribution < 1.29 is 23.6 Å². The van der Waals surface area contributed by atoms with E-state index in [2.05, 4.69) is 38.8 Å². The number of ether oxygens (including phenoxy) is 3. The van der Waals surface area contributed by atoms with E-state index in [1.54, 1.807) is 16.8 Å². The van der Waals surface area contributed by atoms with Crippen LogP contribution in [0.15, 0.2) is 24.5 Å². The summed E-state index contributed by atoms with van der Waals surface area (Å²) in [4.78, 5) is 15.4. The molecule has 0 bridgehead atoms. The van der Waals surface area contributed by atoms with Crippen LogP contribution in [-0.4, -0.2) is 53.5 Å². The molecule has 4 heterocycles. The van der Waals surface area contributed by atoms with E-state index in [4.69, 9.17) is 18.6 Å². The minimum Gasteiger partial charge on any atom is -0.414 e. The molecule has 170 valence electrons. The molecule has 2 aliphatic heterocycles. The molecular formula is C21H31N3O6Si. The van der Waals surface area contributed by atoms with Crippen molar-refractivity contribution in [3.8, 4) is 0 Å². The van der Waals surface area contributed by atoms with Gasteiger partial charge in [-0.25, -0.2) is 4.98 Å². The lowest BCUT2D eigenvalue weighted by atomic mass is 10.1. The maximum absolute atomic E-state index is 11.4. The van der Waals surface area contributed by atoms with Crippen LogP contribution in [0.3, 0.4) is 0 Å². The maximum atomic E-state index is 11.4. The second-order valence-electron chi connectivity index (χ2n) is 10.2. The van der Waals surface area contributed by atoms with Gasteiger partial charge in [0.1, 0.15) is 24.0 Å². The highest BCUT2D eigenvalue weighted by Crippen LogP contribution is 2.45. The Kier molecular flexibility index (Phi) is 5.29. The molecule has 2 aromatic rings. The zero-order valence-corrected chi connectivity index (χ0v) is 20.1. The van der Waals surface area contributed by atoms with E-state index < -0.39 is 25.3 Å². The fourth-order valence-corrected chi connectivity index (χ4v) is 4.95. The Hall–Kier alpha value is -1.85. The lowest BCUT2D eigenvalue weighted by Gasteiger charge is -2.37. The summed E-state index contributed by atoms with van der Waals surface area (Å²) in [6.45, 7) is 15.2. The van der Waals surface area contributed by atoms with E-state index in [0.29, 0.717) is 17.6 Å². The van der Waals surface area contributed by atoms with Gasteiger partial charge in [0.15, 0.2) is 20.3 Å². The molecule has 0 aliphatic carbocycles. The predicted molar refractivity (Wildman–Crippen MR) is 117 cm³/mol. The molecule has 31 heavy (non-hydrogen) atoms. The van der Waals surface area contributed by atoms with Crippen LogP contribution >= 0.6 is 0 Å². The largest absolute Gasteiger partial charge is 0.414 e. The molecule has 0 radical (unpaired) electrons. The van der Waals surface area contributed by atoms with Gasteiger partial charge in [0.25, 0.3) is 5.69 Å². The Morgan fingerprint density at radius 2 is 1.94 bits per heavy atom. The minimum atomic E-state index is -1.97. The number of nitro groups is 1. The summed E-state index contributed by atoms with van der Waals surface area (Å²) in [5, 5.41) is 11.9. The monoisotopic (exact) mass is 449 g/mol. The van der Waals surface area contributed by atoms with Gasteiger partial charge in [0.05, 0.1) is 16.9 Å². The molecule has 2 fully saturated rings. The van der Waals surface area contributed by atoms with Crippen molar-refractivity contribution in [2.24, 2.45) is 0 Å². The molecule has 9 nitrogen and oxygen atoms in total. The number of rotatable bonds is 5. The van der Waals surface area contributed by atoms with Crippen molar-refractivity contribution in [3.63, 3.8) is 0 Å². The molecular weight excluding hydrogens is 418 g/mol. The van der Waals surface area contributed by atoms with Crippen LogP contribution in [0.4, 0.5) is 5.69 Å². The molecule has 2 aromatic heterocycles. The third-order valence-electron chi connectivity index (χ3n) is 6.60. The molecule has 0 unspecified atom stereocenters. The Labute approximate surface area is 182 Å². The van der Waals surface area contributed by atoms with Crippen molar-refractivity contribution >= 4 is 25.0 Å². The Bertz CT molecular complexity index is 999. The molecule has 0 spiro atoms. The quantitative estimate of drug-likeness (QED) is 0.379. The van der Waals surface area contributed by atoms with E-state index in [0.717, 1.165) is 0 Å². The van der Waals surface area contributed by atoms with Crippen LogP contribution in [0.2, 0.25) is 18.1 Å². The Balaban J connectivity index is 1.64. The first-order valence-electron chi connectivity index (χ1n) is 10.6. The number of pyridine rings is 1. The van der Waals surface area contributed by atoms with Crippen LogP contribution in [0, 0.1) is 10.1 Å². The van der Waals surface area contributed by atoms with Gasteiger partial charge in [0, 0.05) is 18.5 Å². The van der Waals surface area contributed by atoms with E-state index >= 15 is 0 Å². The van der Waals surface area contributed by atoms with Crippen LogP contribution in [-0.2, 0) is 18.6 Å². The van der Waals surface area contributed by atoms with Gasteiger partial charge in [0.2, 0.25) is 0 Å². The Morgan fingerprint density at radius 3 is 2.58 bits per heavy atom. The van der Waals surface area contributed by atoms with Crippen molar-refractivity contribution in [3.05, 3.63) is 34.6 Å². The topological polar surface area (TPSA) is 97.9 Å². The minimum absolute atomic E-state index is 0.0139. The summed E-state index contributed by atoms with van der Waals surface area (Å²) < 4.78 is 27.0. The summed E-state index contributed by atoms with van der Waals surface area (Å²) in [5.41, 5.74) is 0.497. The zero-order chi connectivity index (χ0) is 22.8. The van der Waals surface area contributed by atoms with Crippen LogP contribution in [0.25, 0.3) is 11.0 Å². The third-order valence-corrected chi connectivity index (χ3v) is 11.1. The van der Waals surface area contributed by atoms with Gasteiger partial charge in [-0.2, -0.15) is 0 Å². The van der Waals surface area contributed by atoms with E-state index in [1.165, 1.54) is 12.3 Å². The average molecular weight is 450 g/mol. The molecule has 2 saturated heterocycles. The number of hydrogen-bond acceptors (Lipinski definition) is 7. The number of nitrogens with zero attached hydrogens (tertiary/aromatic N) is 3. The highest BCUT2D eigenvalue weighted by atomic mass is 28.4. The SMILES string of the molecule is CC1(C)O[C@@H]2[C@H](O1)[C@@H](CO[Si](C)(C)C(C)(C)C)O[C@@H]2n1ccc2c([N+](=O)[O-])ccnc21. The van der Waals surface area contributed by atoms with Crippen molar-refractivity contribution in [1.82, 2.24) is 9.55 Å². The fraction of sp³-hybridized carbons (Fsp3) is 0.667. The van der Waals surface area contributed by atoms with Gasteiger partial charge in [-0.3, -0.25) is 10.1 Å². The second-order valence-corrected chi connectivity index (χ2v) is 15.1. The summed E-state index contributed by atoms with van der Waals surface area (Å²) in [7, 11) is -1.97. The predicted octanol–water partition coefficient (Wildman–Crippen LogP) is 4.38. The van der Waals surface area contributed by atoms with Gasteiger partial charge < -0.3 is 23.2 Å². The summed E-state index contributed by atoms with van der Waals surface area (Å²) >= 11 is 0. The number of fused-ring (bicyclic) bond motifs is 2. The lowest BCUT2D eigenvalue weighted by Crippen LogP contribution is -2.44. The maximum Gasteiger partial charge on any atom is 0.281 e. The normalized spacial score (nSPS) is 28.2. The Morgan fingerprint density at radius 1 is 1.26 bits per heavy atom. The van der Waals surface area contributed by atoms with Gasteiger partial charge in [-0.15, -0.1) is 0 Å². The lowest BCUT2D eigenvalue weighted by molar-refractivity contribution is -0.383. The molecule has 0 aromatic carbocycles. The first-order chi connectivity index (χ1) is 14.3.